The Balaban J connectivity index is 1.98. The number of halogens is 3. The van der Waals surface area contributed by atoms with Crippen molar-refractivity contribution < 1.29 is 44.5 Å². The third kappa shape index (κ3) is 5.31. The zero-order valence-electron chi connectivity index (χ0n) is 19.6. The summed E-state index contributed by atoms with van der Waals surface area (Å²) < 4.78 is 83.2. The molecule has 3 rings (SSSR count). The van der Waals surface area contributed by atoms with Crippen molar-refractivity contribution in [1.29, 1.82) is 0 Å². The number of alkyl halides is 3. The molecule has 0 aliphatic carbocycles. The van der Waals surface area contributed by atoms with E-state index in [0.29, 0.717) is 0 Å². The summed E-state index contributed by atoms with van der Waals surface area (Å²) >= 11 is 0. The van der Waals surface area contributed by atoms with Crippen LogP contribution in [0.3, 0.4) is 0 Å². The molecule has 0 N–H and O–H groups in total. The molecule has 1 fully saturated rings. The van der Waals surface area contributed by atoms with Crippen molar-refractivity contribution in [3.63, 3.8) is 0 Å². The van der Waals surface area contributed by atoms with Gasteiger partial charge in [-0.2, -0.15) is 21.6 Å². The molecule has 0 radical (unpaired) electrons. The fourth-order valence-corrected chi connectivity index (χ4v) is 9.37. The lowest BCUT2D eigenvalue weighted by Crippen LogP contribution is -2.69. The van der Waals surface area contributed by atoms with Gasteiger partial charge in [0.1, 0.15) is 12.2 Å². The van der Waals surface area contributed by atoms with Crippen LogP contribution < -0.4 is 10.4 Å². The van der Waals surface area contributed by atoms with Crippen molar-refractivity contribution in [2.24, 2.45) is 0 Å². The fourth-order valence-electron chi connectivity index (χ4n) is 4.17. The Morgan fingerprint density at radius 1 is 0.971 bits per heavy atom. The topological polar surface area (TPSA) is 88.1 Å². The molecule has 0 aromatic heterocycles. The van der Waals surface area contributed by atoms with Crippen LogP contribution in [-0.4, -0.2) is 60.2 Å². The number of carbonyl (C=O) groups excluding carboxylic acids is 1. The molecular formula is C23H27F3O7SSi. The lowest BCUT2D eigenvalue weighted by molar-refractivity contribution is -0.231. The van der Waals surface area contributed by atoms with E-state index >= 15 is 0 Å². The summed E-state index contributed by atoms with van der Waals surface area (Å²) in [6, 6.07) is 18.9. The molecule has 1 aliphatic rings. The molecule has 0 spiro atoms. The van der Waals surface area contributed by atoms with Gasteiger partial charge >= 0.3 is 21.6 Å². The highest BCUT2D eigenvalue weighted by molar-refractivity contribution is 7.87. The predicted octanol–water partition coefficient (Wildman–Crippen LogP) is 2.74. The molecule has 1 saturated heterocycles. The molecule has 12 heteroatoms. The first-order valence-electron chi connectivity index (χ1n) is 10.7. The fraction of sp³-hybridized carbons (Fsp3) is 0.435. The first-order valence-corrected chi connectivity index (χ1v) is 14.0. The predicted molar refractivity (Wildman–Crippen MR) is 124 cm³/mol. The highest BCUT2D eigenvalue weighted by Crippen LogP contribution is 2.39. The smallest absolute Gasteiger partial charge is 0.467 e. The van der Waals surface area contributed by atoms with E-state index in [0.717, 1.165) is 17.5 Å². The lowest BCUT2D eigenvalue weighted by Gasteiger charge is -2.47. The van der Waals surface area contributed by atoms with Crippen LogP contribution in [0.25, 0.3) is 0 Å². The van der Waals surface area contributed by atoms with Crippen LogP contribution in [0, 0.1) is 0 Å². The number of hydrogen-bond donors (Lipinski definition) is 0. The summed E-state index contributed by atoms with van der Waals surface area (Å²) in [5.74, 6) is -1.05. The standard InChI is InChI=1S/C23H27F3O7SSi/c1-22(2,3)35(16-11-7-5-8-12-16,17-13-9-6-10-14-17)31-15-18-19(20(32-18)21(27)30-4)33-34(28,29)23(24,25)26/h5-14,18-20H,15H2,1-4H3/t18-,19-,20+/m1/s1. The van der Waals surface area contributed by atoms with E-state index in [1.165, 1.54) is 0 Å². The van der Waals surface area contributed by atoms with Crippen LogP contribution in [0.1, 0.15) is 20.8 Å². The summed E-state index contributed by atoms with van der Waals surface area (Å²) in [4.78, 5) is 12.0. The molecule has 3 atom stereocenters. The van der Waals surface area contributed by atoms with E-state index in [4.69, 9.17) is 9.16 Å². The van der Waals surface area contributed by atoms with Gasteiger partial charge in [0.15, 0.2) is 6.10 Å². The van der Waals surface area contributed by atoms with Crippen LogP contribution in [-0.2, 0) is 33.0 Å². The Morgan fingerprint density at radius 2 is 1.46 bits per heavy atom. The number of hydrogen-bond acceptors (Lipinski definition) is 7. The molecule has 1 heterocycles. The van der Waals surface area contributed by atoms with Gasteiger partial charge in [0.2, 0.25) is 0 Å². The first-order chi connectivity index (χ1) is 16.2. The molecule has 2 aromatic carbocycles. The van der Waals surface area contributed by atoms with Gasteiger partial charge < -0.3 is 13.9 Å². The van der Waals surface area contributed by atoms with Crippen LogP contribution in [0.5, 0.6) is 0 Å². The van der Waals surface area contributed by atoms with Crippen molar-refractivity contribution in [2.45, 2.75) is 49.6 Å². The van der Waals surface area contributed by atoms with Gasteiger partial charge in [0.25, 0.3) is 8.32 Å². The SMILES string of the molecule is COC(=O)[C@H]1O[C@H](CO[Si](c2ccccc2)(c2ccccc2)C(C)(C)C)[C@H]1OS(=O)(=O)C(F)(F)F. The van der Waals surface area contributed by atoms with E-state index < -0.39 is 53.3 Å². The minimum Gasteiger partial charge on any atom is -0.467 e. The highest BCUT2D eigenvalue weighted by atomic mass is 32.2. The average molecular weight is 533 g/mol. The zero-order chi connectivity index (χ0) is 26.1. The van der Waals surface area contributed by atoms with Crippen LogP contribution in [0.4, 0.5) is 13.2 Å². The Labute approximate surface area is 203 Å². The van der Waals surface area contributed by atoms with Crippen molar-refractivity contribution >= 4 is 34.8 Å². The number of benzene rings is 2. The van der Waals surface area contributed by atoms with Gasteiger partial charge in [0.05, 0.1) is 13.7 Å². The Bertz CT molecular complexity index is 1080. The maximum absolute atomic E-state index is 13.0. The van der Waals surface area contributed by atoms with E-state index in [-0.39, 0.29) is 6.61 Å². The normalized spacial score (nSPS) is 21.3. The molecule has 192 valence electrons. The average Bonchev–Trinajstić information content (AvgIpc) is 2.78. The maximum atomic E-state index is 13.0. The molecule has 1 aliphatic heterocycles. The second-order valence-electron chi connectivity index (χ2n) is 9.05. The summed E-state index contributed by atoms with van der Waals surface area (Å²) in [5.41, 5.74) is -5.66. The summed E-state index contributed by atoms with van der Waals surface area (Å²) in [5, 5.41) is 1.36. The van der Waals surface area contributed by atoms with Crippen molar-refractivity contribution in [1.82, 2.24) is 0 Å². The number of methoxy groups -OCH3 is 1. The van der Waals surface area contributed by atoms with Gasteiger partial charge in [-0.15, -0.1) is 0 Å². The largest absolute Gasteiger partial charge is 0.523 e. The van der Waals surface area contributed by atoms with E-state index in [1.807, 2.05) is 81.4 Å². The second kappa shape index (κ2) is 10.0. The lowest BCUT2D eigenvalue weighted by atomic mass is 10.0. The van der Waals surface area contributed by atoms with Crippen LogP contribution >= 0.6 is 0 Å². The molecule has 7 nitrogen and oxygen atoms in total. The van der Waals surface area contributed by atoms with Gasteiger partial charge in [-0.05, 0) is 15.4 Å². The monoisotopic (exact) mass is 532 g/mol. The molecule has 0 unspecified atom stereocenters. The maximum Gasteiger partial charge on any atom is 0.523 e. The first kappa shape index (κ1) is 27.3. The summed E-state index contributed by atoms with van der Waals surface area (Å²) in [6.07, 6.45) is -4.64. The van der Waals surface area contributed by atoms with Gasteiger partial charge in [0, 0.05) is 0 Å². The summed E-state index contributed by atoms with van der Waals surface area (Å²) in [6.45, 7) is 5.69. The quantitative estimate of drug-likeness (QED) is 0.224. The zero-order valence-corrected chi connectivity index (χ0v) is 21.4. The number of ether oxygens (including phenoxy) is 2. The van der Waals surface area contributed by atoms with E-state index in [2.05, 4.69) is 8.92 Å². The number of carbonyl (C=O) groups is 1. The van der Waals surface area contributed by atoms with Crippen LogP contribution in [0.2, 0.25) is 5.04 Å². The van der Waals surface area contributed by atoms with Crippen molar-refractivity contribution in [2.75, 3.05) is 13.7 Å². The third-order valence-corrected chi connectivity index (χ3v) is 11.9. The number of esters is 1. The van der Waals surface area contributed by atoms with E-state index in [9.17, 15) is 26.4 Å². The van der Waals surface area contributed by atoms with Gasteiger partial charge in [-0.1, -0.05) is 81.4 Å². The summed E-state index contributed by atoms with van der Waals surface area (Å²) in [7, 11) is -8.08. The third-order valence-electron chi connectivity index (χ3n) is 5.82. The van der Waals surface area contributed by atoms with Gasteiger partial charge in [-0.3, -0.25) is 4.18 Å². The highest BCUT2D eigenvalue weighted by Gasteiger charge is 2.58. The molecule has 0 bridgehead atoms. The molecular weight excluding hydrogens is 505 g/mol. The molecule has 0 amide bonds. The minimum absolute atomic E-state index is 0.307. The molecule has 0 saturated carbocycles. The minimum atomic E-state index is -5.98. The van der Waals surface area contributed by atoms with E-state index in [1.54, 1.807) is 0 Å². The molecule has 35 heavy (non-hydrogen) atoms. The molecule has 2 aromatic rings. The van der Waals surface area contributed by atoms with Crippen LogP contribution in [0.15, 0.2) is 60.7 Å². The second-order valence-corrected chi connectivity index (χ2v) is 14.9. The Morgan fingerprint density at radius 3 is 1.86 bits per heavy atom. The Hall–Kier alpha value is -2.25. The van der Waals surface area contributed by atoms with Crippen molar-refractivity contribution in [3.05, 3.63) is 60.7 Å². The number of rotatable bonds is 8. The van der Waals surface area contributed by atoms with Gasteiger partial charge in [-0.25, -0.2) is 4.79 Å². The van der Waals surface area contributed by atoms with Crippen molar-refractivity contribution in [3.8, 4) is 0 Å². The Kier molecular flexibility index (Phi) is 7.82.